The molecule has 1 fully saturated rings. The van der Waals surface area contributed by atoms with E-state index in [1.807, 2.05) is 12.1 Å². The third-order valence-electron chi connectivity index (χ3n) is 3.95. The Hall–Kier alpha value is -1.37. The van der Waals surface area contributed by atoms with Gasteiger partial charge in [0.1, 0.15) is 12.1 Å². The van der Waals surface area contributed by atoms with Crippen LogP contribution in [0.2, 0.25) is 0 Å². The van der Waals surface area contributed by atoms with E-state index in [0.717, 1.165) is 42.2 Å². The molecule has 0 aromatic carbocycles. The van der Waals surface area contributed by atoms with E-state index in [1.54, 1.807) is 6.33 Å². The lowest BCUT2D eigenvalue weighted by molar-refractivity contribution is 0.345. The maximum Gasteiger partial charge on any atom is 0.156 e. The number of rotatable bonds is 6. The summed E-state index contributed by atoms with van der Waals surface area (Å²) < 4.78 is 5.34. The molecule has 0 amide bonds. The highest BCUT2D eigenvalue weighted by atomic mass is 35.5. The summed E-state index contributed by atoms with van der Waals surface area (Å²) in [5, 5.41) is 7.35. The summed E-state index contributed by atoms with van der Waals surface area (Å²) in [5.41, 5.74) is 7.90. The lowest BCUT2D eigenvalue weighted by atomic mass is 9.79. The first-order chi connectivity index (χ1) is 10.6. The minimum absolute atomic E-state index is 0. The highest BCUT2D eigenvalue weighted by Crippen LogP contribution is 2.34. The number of nitrogens with one attached hydrogen (secondary N) is 1. The fourth-order valence-corrected chi connectivity index (χ4v) is 2.73. The van der Waals surface area contributed by atoms with Gasteiger partial charge in [-0.05, 0) is 25.2 Å². The van der Waals surface area contributed by atoms with Crippen LogP contribution in [0.5, 0.6) is 0 Å². The van der Waals surface area contributed by atoms with E-state index in [-0.39, 0.29) is 24.8 Å². The quantitative estimate of drug-likeness (QED) is 0.806. The molecule has 0 spiro atoms. The molecule has 134 valence electrons. The van der Waals surface area contributed by atoms with E-state index in [1.165, 1.54) is 0 Å². The van der Waals surface area contributed by atoms with Gasteiger partial charge < -0.3 is 15.6 Å². The summed E-state index contributed by atoms with van der Waals surface area (Å²) in [6, 6.07) is 4.33. The van der Waals surface area contributed by atoms with Gasteiger partial charge in [-0.15, -0.1) is 24.8 Å². The number of nitrogens with two attached hydrogens (primary N) is 1. The van der Waals surface area contributed by atoms with Crippen molar-refractivity contribution in [2.45, 2.75) is 51.6 Å². The van der Waals surface area contributed by atoms with E-state index in [4.69, 9.17) is 10.3 Å². The van der Waals surface area contributed by atoms with Gasteiger partial charge in [0.2, 0.25) is 0 Å². The maximum atomic E-state index is 5.84. The average molecular weight is 374 g/mol. The monoisotopic (exact) mass is 373 g/mol. The van der Waals surface area contributed by atoms with Crippen LogP contribution in [0.15, 0.2) is 23.0 Å². The van der Waals surface area contributed by atoms with Gasteiger partial charge in [-0.1, -0.05) is 19.0 Å². The second-order valence-electron chi connectivity index (χ2n) is 6.49. The van der Waals surface area contributed by atoms with Gasteiger partial charge in [-0.3, -0.25) is 0 Å². The molecular weight excluding hydrogens is 349 g/mol. The smallest absolute Gasteiger partial charge is 0.156 e. The summed E-state index contributed by atoms with van der Waals surface area (Å²) in [7, 11) is 0. The molecule has 1 aliphatic carbocycles. The van der Waals surface area contributed by atoms with Crippen LogP contribution in [0.25, 0.3) is 0 Å². The van der Waals surface area contributed by atoms with Crippen LogP contribution in [0.1, 0.15) is 49.8 Å². The van der Waals surface area contributed by atoms with Gasteiger partial charge in [-0.25, -0.2) is 9.97 Å². The lowest BCUT2D eigenvalue weighted by Gasteiger charge is -2.31. The van der Waals surface area contributed by atoms with Crippen molar-refractivity contribution in [3.63, 3.8) is 0 Å². The van der Waals surface area contributed by atoms with Crippen LogP contribution in [0.4, 0.5) is 5.82 Å². The molecule has 2 aromatic heterocycles. The maximum absolute atomic E-state index is 5.84. The Kier molecular flexibility index (Phi) is 7.93. The first-order valence-electron chi connectivity index (χ1n) is 7.86. The molecule has 0 radical (unpaired) electrons. The SMILES string of the molecule is CC(C)Cc1cc(CNc2cc(C3CC(N)C3)ncn2)on1.Cl.Cl. The molecular formula is C16H25Cl2N5O. The van der Waals surface area contributed by atoms with Crippen molar-refractivity contribution in [2.75, 3.05) is 5.32 Å². The molecule has 1 saturated carbocycles. The molecule has 0 atom stereocenters. The molecule has 3 N–H and O–H groups in total. The minimum atomic E-state index is 0. The van der Waals surface area contributed by atoms with E-state index >= 15 is 0 Å². The Morgan fingerprint density at radius 3 is 2.67 bits per heavy atom. The van der Waals surface area contributed by atoms with E-state index in [2.05, 4.69) is 34.3 Å². The number of aromatic nitrogens is 3. The molecule has 0 bridgehead atoms. The highest BCUT2D eigenvalue weighted by Gasteiger charge is 2.28. The Balaban J connectivity index is 0.00000144. The topological polar surface area (TPSA) is 89.9 Å². The third kappa shape index (κ3) is 5.33. The normalized spacial score (nSPS) is 19.2. The number of hydrogen-bond donors (Lipinski definition) is 2. The fraction of sp³-hybridized carbons (Fsp3) is 0.562. The number of halogens is 2. The Morgan fingerprint density at radius 1 is 1.25 bits per heavy atom. The second kappa shape index (κ2) is 9.20. The van der Waals surface area contributed by atoms with Crippen molar-refractivity contribution in [1.29, 1.82) is 0 Å². The third-order valence-corrected chi connectivity index (χ3v) is 3.95. The van der Waals surface area contributed by atoms with Gasteiger partial charge in [0.15, 0.2) is 5.76 Å². The second-order valence-corrected chi connectivity index (χ2v) is 6.49. The zero-order chi connectivity index (χ0) is 15.5. The predicted octanol–water partition coefficient (Wildman–Crippen LogP) is 3.32. The number of nitrogens with zero attached hydrogens (tertiary/aromatic N) is 3. The molecule has 0 aliphatic heterocycles. The van der Waals surface area contributed by atoms with Crippen molar-refractivity contribution in [2.24, 2.45) is 11.7 Å². The summed E-state index contributed by atoms with van der Waals surface area (Å²) in [6.45, 7) is 4.91. The van der Waals surface area contributed by atoms with E-state index in [0.29, 0.717) is 24.4 Å². The lowest BCUT2D eigenvalue weighted by Crippen LogP contribution is -2.35. The van der Waals surface area contributed by atoms with Crippen LogP contribution in [0, 0.1) is 5.92 Å². The van der Waals surface area contributed by atoms with Crippen LogP contribution in [-0.2, 0) is 13.0 Å². The van der Waals surface area contributed by atoms with Crippen molar-refractivity contribution < 1.29 is 4.52 Å². The van der Waals surface area contributed by atoms with Crippen molar-refractivity contribution in [3.8, 4) is 0 Å². The summed E-state index contributed by atoms with van der Waals surface area (Å²) in [4.78, 5) is 8.60. The van der Waals surface area contributed by atoms with E-state index in [9.17, 15) is 0 Å². The average Bonchev–Trinajstić information content (AvgIpc) is 2.89. The zero-order valence-corrected chi connectivity index (χ0v) is 15.6. The highest BCUT2D eigenvalue weighted by molar-refractivity contribution is 5.85. The summed E-state index contributed by atoms with van der Waals surface area (Å²) in [6.07, 6.45) is 4.56. The van der Waals surface area contributed by atoms with Gasteiger partial charge in [-0.2, -0.15) is 0 Å². The van der Waals surface area contributed by atoms with E-state index < -0.39 is 0 Å². The fourth-order valence-electron chi connectivity index (χ4n) is 2.73. The van der Waals surface area contributed by atoms with Gasteiger partial charge in [0.05, 0.1) is 12.2 Å². The minimum Gasteiger partial charge on any atom is -0.363 e. The Bertz CT molecular complexity index is 628. The standard InChI is InChI=1S/C16H23N5O.2ClH/c1-10(2)3-13-6-14(22-21-13)8-18-16-7-15(19-9-20-16)11-4-12(17)5-11;;/h6-7,9-12H,3-5,8,17H2,1-2H3,(H,18,19,20);2*1H. The predicted molar refractivity (Wildman–Crippen MR) is 98.9 cm³/mol. The number of anilines is 1. The Labute approximate surface area is 154 Å². The summed E-state index contributed by atoms with van der Waals surface area (Å²) >= 11 is 0. The molecule has 24 heavy (non-hydrogen) atoms. The summed E-state index contributed by atoms with van der Waals surface area (Å²) in [5.74, 6) is 2.68. The van der Waals surface area contributed by atoms with Crippen molar-refractivity contribution in [3.05, 3.63) is 35.6 Å². The van der Waals surface area contributed by atoms with Crippen LogP contribution in [0.3, 0.4) is 0 Å². The first-order valence-corrected chi connectivity index (χ1v) is 7.86. The van der Waals surface area contributed by atoms with Crippen LogP contribution in [-0.4, -0.2) is 21.2 Å². The largest absolute Gasteiger partial charge is 0.363 e. The molecule has 1 aliphatic rings. The molecule has 0 unspecified atom stereocenters. The first kappa shape index (κ1) is 20.7. The molecule has 3 rings (SSSR count). The van der Waals surface area contributed by atoms with Gasteiger partial charge in [0.25, 0.3) is 0 Å². The van der Waals surface area contributed by atoms with Crippen LogP contribution >= 0.6 is 24.8 Å². The zero-order valence-electron chi connectivity index (χ0n) is 13.9. The Morgan fingerprint density at radius 2 is 2.00 bits per heavy atom. The van der Waals surface area contributed by atoms with Gasteiger partial charge in [0, 0.05) is 29.8 Å². The van der Waals surface area contributed by atoms with Crippen molar-refractivity contribution >= 4 is 30.6 Å². The number of hydrogen-bond acceptors (Lipinski definition) is 6. The molecule has 0 saturated heterocycles. The van der Waals surface area contributed by atoms with Crippen LogP contribution < -0.4 is 11.1 Å². The van der Waals surface area contributed by atoms with Gasteiger partial charge >= 0.3 is 0 Å². The molecule has 2 heterocycles. The molecule has 8 heteroatoms. The molecule has 6 nitrogen and oxygen atoms in total. The molecule has 2 aromatic rings. The van der Waals surface area contributed by atoms with Crippen molar-refractivity contribution in [1.82, 2.24) is 15.1 Å².